The highest BCUT2D eigenvalue weighted by atomic mass is 16.5. The SMILES string of the molecule is C[N+](C)(C)C[C@@H](CC(=O)O)OC(=O)C(N)CCCCN. The summed E-state index contributed by atoms with van der Waals surface area (Å²) < 4.78 is 5.75. The average molecular weight is 290 g/mol. The number of ether oxygens (including phenoxy) is 1. The maximum atomic E-state index is 11.8. The van der Waals surface area contributed by atoms with E-state index in [0.717, 1.165) is 12.8 Å². The van der Waals surface area contributed by atoms with Gasteiger partial charge in [0.2, 0.25) is 0 Å². The number of hydrogen-bond donors (Lipinski definition) is 3. The molecule has 0 aromatic carbocycles. The van der Waals surface area contributed by atoms with Gasteiger partial charge in [-0.05, 0) is 19.4 Å². The number of nitrogens with zero attached hydrogens (tertiary/aromatic N) is 1. The molecule has 1 unspecified atom stereocenters. The zero-order valence-corrected chi connectivity index (χ0v) is 12.7. The molecule has 0 aliphatic rings. The molecular weight excluding hydrogens is 262 g/mol. The van der Waals surface area contributed by atoms with Crippen molar-refractivity contribution in [3.05, 3.63) is 0 Å². The first-order valence-electron chi connectivity index (χ1n) is 6.84. The molecule has 0 radical (unpaired) electrons. The third-order valence-electron chi connectivity index (χ3n) is 2.71. The molecule has 0 aromatic rings. The van der Waals surface area contributed by atoms with Gasteiger partial charge in [-0.25, -0.2) is 0 Å². The number of unbranched alkanes of at least 4 members (excludes halogenated alkanes) is 1. The Hall–Kier alpha value is -1.18. The van der Waals surface area contributed by atoms with Crippen LogP contribution in [0, 0.1) is 0 Å². The Balaban J connectivity index is 4.40. The van der Waals surface area contributed by atoms with Crippen LogP contribution < -0.4 is 11.5 Å². The van der Waals surface area contributed by atoms with E-state index in [1.807, 2.05) is 21.1 Å². The molecule has 0 saturated carbocycles. The predicted octanol–water partition coefficient (Wildman–Crippen LogP) is -0.465. The first kappa shape index (κ1) is 18.8. The number of hydrogen-bond acceptors (Lipinski definition) is 5. The van der Waals surface area contributed by atoms with Gasteiger partial charge >= 0.3 is 11.9 Å². The van der Waals surface area contributed by atoms with Gasteiger partial charge in [0.15, 0.2) is 6.10 Å². The van der Waals surface area contributed by atoms with Crippen molar-refractivity contribution in [2.45, 2.75) is 37.8 Å². The molecule has 0 heterocycles. The fourth-order valence-electron chi connectivity index (χ4n) is 1.83. The van der Waals surface area contributed by atoms with Crippen LogP contribution in [0.5, 0.6) is 0 Å². The first-order chi connectivity index (χ1) is 9.15. The minimum atomic E-state index is -0.993. The lowest BCUT2D eigenvalue weighted by Crippen LogP contribution is -2.45. The van der Waals surface area contributed by atoms with Gasteiger partial charge in [-0.1, -0.05) is 6.42 Å². The third kappa shape index (κ3) is 9.71. The summed E-state index contributed by atoms with van der Waals surface area (Å²) in [6, 6.07) is -0.717. The number of carbonyl (C=O) groups excluding carboxylic acids is 1. The fourth-order valence-corrected chi connectivity index (χ4v) is 1.83. The third-order valence-corrected chi connectivity index (χ3v) is 2.71. The van der Waals surface area contributed by atoms with Crippen molar-refractivity contribution in [2.75, 3.05) is 34.2 Å². The number of esters is 1. The van der Waals surface area contributed by atoms with E-state index >= 15 is 0 Å². The highest BCUT2D eigenvalue weighted by Gasteiger charge is 2.26. The molecule has 0 amide bonds. The Kier molecular flexibility index (Phi) is 8.36. The van der Waals surface area contributed by atoms with E-state index in [1.54, 1.807) is 0 Å². The van der Waals surface area contributed by atoms with Crippen molar-refractivity contribution in [1.29, 1.82) is 0 Å². The van der Waals surface area contributed by atoms with Gasteiger partial charge in [-0.2, -0.15) is 0 Å². The fraction of sp³-hybridized carbons (Fsp3) is 0.846. The summed E-state index contributed by atoms with van der Waals surface area (Å²) in [5.74, 6) is -1.53. The lowest BCUT2D eigenvalue weighted by molar-refractivity contribution is -0.873. The number of carboxylic acid groups (broad SMARTS) is 1. The van der Waals surface area contributed by atoms with E-state index in [0.29, 0.717) is 24.0 Å². The Labute approximate surface area is 120 Å². The molecule has 0 bridgehead atoms. The minimum absolute atomic E-state index is 0.212. The topological polar surface area (TPSA) is 116 Å². The lowest BCUT2D eigenvalue weighted by atomic mass is 10.1. The summed E-state index contributed by atoms with van der Waals surface area (Å²) in [5.41, 5.74) is 11.1. The summed E-state index contributed by atoms with van der Waals surface area (Å²) >= 11 is 0. The normalized spacial score (nSPS) is 14.7. The van der Waals surface area contributed by atoms with Crippen LogP contribution in [-0.2, 0) is 14.3 Å². The maximum absolute atomic E-state index is 11.8. The number of likely N-dealkylation sites (N-methyl/N-ethyl adjacent to an activating group) is 1. The Morgan fingerprint density at radius 2 is 1.85 bits per heavy atom. The molecule has 2 atom stereocenters. The Bertz CT molecular complexity index is 315. The van der Waals surface area contributed by atoms with Crippen LogP contribution in [0.4, 0.5) is 0 Å². The molecule has 0 saturated heterocycles. The van der Waals surface area contributed by atoms with E-state index < -0.39 is 24.1 Å². The van der Waals surface area contributed by atoms with E-state index in [9.17, 15) is 9.59 Å². The first-order valence-corrected chi connectivity index (χ1v) is 6.84. The van der Waals surface area contributed by atoms with E-state index in [4.69, 9.17) is 21.3 Å². The maximum Gasteiger partial charge on any atom is 0.323 e. The van der Waals surface area contributed by atoms with Crippen molar-refractivity contribution in [3.63, 3.8) is 0 Å². The molecule has 0 spiro atoms. The molecule has 0 aliphatic carbocycles. The predicted molar refractivity (Wildman–Crippen MR) is 75.9 cm³/mol. The van der Waals surface area contributed by atoms with Crippen LogP contribution in [-0.4, -0.2) is 67.9 Å². The van der Waals surface area contributed by atoms with Gasteiger partial charge in [0, 0.05) is 0 Å². The summed E-state index contributed by atoms with van der Waals surface area (Å²) in [7, 11) is 5.72. The van der Waals surface area contributed by atoms with Crippen molar-refractivity contribution in [1.82, 2.24) is 0 Å². The van der Waals surface area contributed by atoms with Crippen LogP contribution in [0.3, 0.4) is 0 Å². The van der Waals surface area contributed by atoms with Gasteiger partial charge in [0.25, 0.3) is 0 Å². The van der Waals surface area contributed by atoms with Crippen molar-refractivity contribution in [2.24, 2.45) is 11.5 Å². The number of carbonyl (C=O) groups is 2. The van der Waals surface area contributed by atoms with Gasteiger partial charge in [-0.15, -0.1) is 0 Å². The monoisotopic (exact) mass is 290 g/mol. The van der Waals surface area contributed by atoms with E-state index in [-0.39, 0.29) is 6.42 Å². The zero-order chi connectivity index (χ0) is 15.8. The minimum Gasteiger partial charge on any atom is -0.481 e. The number of rotatable bonds is 10. The number of quaternary nitrogens is 1. The van der Waals surface area contributed by atoms with Crippen molar-refractivity contribution >= 4 is 11.9 Å². The molecule has 0 aliphatic heterocycles. The standard InChI is InChI=1S/C13H27N3O4/c1-16(2,3)9-10(8-12(17)18)20-13(19)11(15)6-4-5-7-14/h10-11H,4-9,14-15H2,1-3H3/p+1/t10-,11?/m1/s1. The zero-order valence-electron chi connectivity index (χ0n) is 12.7. The smallest absolute Gasteiger partial charge is 0.323 e. The van der Waals surface area contributed by atoms with Crippen molar-refractivity contribution < 1.29 is 23.9 Å². The number of carboxylic acids is 1. The summed E-state index contributed by atoms with van der Waals surface area (Å²) in [5, 5.41) is 8.86. The summed E-state index contributed by atoms with van der Waals surface area (Å²) in [6.45, 7) is 0.985. The Morgan fingerprint density at radius 3 is 2.30 bits per heavy atom. The van der Waals surface area contributed by atoms with Crippen LogP contribution in [0.15, 0.2) is 0 Å². The number of nitrogens with two attached hydrogens (primary N) is 2. The molecule has 118 valence electrons. The summed E-state index contributed by atoms with van der Waals surface area (Å²) in [6.07, 6.45) is 1.18. The quantitative estimate of drug-likeness (QED) is 0.285. The van der Waals surface area contributed by atoms with Crippen molar-refractivity contribution in [3.8, 4) is 0 Å². The van der Waals surface area contributed by atoms with Crippen LogP contribution in [0.1, 0.15) is 25.7 Å². The average Bonchev–Trinajstić information content (AvgIpc) is 2.25. The summed E-state index contributed by atoms with van der Waals surface area (Å²) in [4.78, 5) is 22.7. The van der Waals surface area contributed by atoms with Crippen LogP contribution in [0.25, 0.3) is 0 Å². The second-order valence-corrected chi connectivity index (χ2v) is 6.02. The molecule has 7 nitrogen and oxygen atoms in total. The van der Waals surface area contributed by atoms with Crippen LogP contribution in [0.2, 0.25) is 0 Å². The largest absolute Gasteiger partial charge is 0.481 e. The molecular formula is C13H28N3O4+. The Morgan fingerprint density at radius 1 is 1.25 bits per heavy atom. The van der Waals surface area contributed by atoms with Gasteiger partial charge in [-0.3, -0.25) is 9.59 Å². The number of aliphatic carboxylic acids is 1. The second kappa shape index (κ2) is 8.89. The van der Waals surface area contributed by atoms with Crippen LogP contribution >= 0.6 is 0 Å². The van der Waals surface area contributed by atoms with Gasteiger partial charge in [0.05, 0.1) is 27.6 Å². The molecule has 0 rings (SSSR count). The molecule has 0 fully saturated rings. The van der Waals surface area contributed by atoms with E-state index in [2.05, 4.69) is 0 Å². The molecule has 7 heteroatoms. The highest BCUT2D eigenvalue weighted by Crippen LogP contribution is 2.08. The van der Waals surface area contributed by atoms with Gasteiger partial charge < -0.3 is 25.8 Å². The molecule has 20 heavy (non-hydrogen) atoms. The molecule has 0 aromatic heterocycles. The second-order valence-electron chi connectivity index (χ2n) is 6.02. The van der Waals surface area contributed by atoms with Gasteiger partial charge in [0.1, 0.15) is 12.6 Å². The lowest BCUT2D eigenvalue weighted by Gasteiger charge is -2.28. The highest BCUT2D eigenvalue weighted by molar-refractivity contribution is 5.76. The van der Waals surface area contributed by atoms with E-state index in [1.165, 1.54) is 0 Å². The molecule has 5 N–H and O–H groups in total.